The van der Waals surface area contributed by atoms with Gasteiger partial charge in [-0.05, 0) is 32.6 Å². The zero-order valence-electron chi connectivity index (χ0n) is 11.5. The summed E-state index contributed by atoms with van der Waals surface area (Å²) in [7, 11) is 0. The number of carbonyl (C=O) groups excluding carboxylic acids is 1. The number of hydrogen-bond acceptors (Lipinski definition) is 3. The molecule has 1 aliphatic heterocycles. The molecule has 2 fully saturated rings. The maximum Gasteiger partial charge on any atom is 0.329 e. The fraction of sp³-hybridized carbons (Fsp3) is 0.857. The van der Waals surface area contributed by atoms with Gasteiger partial charge in [-0.3, -0.25) is 4.79 Å². The van der Waals surface area contributed by atoms with Crippen LogP contribution in [-0.2, 0) is 14.3 Å². The lowest BCUT2D eigenvalue weighted by Gasteiger charge is -2.30. The highest BCUT2D eigenvalue weighted by molar-refractivity contribution is 5.89. The second-order valence-corrected chi connectivity index (χ2v) is 5.80. The second kappa shape index (κ2) is 5.90. The van der Waals surface area contributed by atoms with E-state index < -0.39 is 17.6 Å². The van der Waals surface area contributed by atoms with E-state index in [0.717, 1.165) is 32.1 Å². The quantitative estimate of drug-likeness (QED) is 0.767. The summed E-state index contributed by atoms with van der Waals surface area (Å²) >= 11 is 0. The SMILES string of the molecule is CC1CCC(C(=O)NC2(C(=O)O)CCCCCC2)O1. The van der Waals surface area contributed by atoms with Gasteiger partial charge in [0.1, 0.15) is 11.6 Å². The number of aliphatic carboxylic acids is 1. The summed E-state index contributed by atoms with van der Waals surface area (Å²) in [6, 6.07) is 0. The molecule has 5 nitrogen and oxygen atoms in total. The van der Waals surface area contributed by atoms with Gasteiger partial charge >= 0.3 is 5.97 Å². The number of hydrogen-bond donors (Lipinski definition) is 2. The number of rotatable bonds is 3. The van der Waals surface area contributed by atoms with Crippen molar-refractivity contribution in [1.82, 2.24) is 5.32 Å². The van der Waals surface area contributed by atoms with Crippen LogP contribution in [0.1, 0.15) is 58.3 Å². The van der Waals surface area contributed by atoms with E-state index in [0.29, 0.717) is 19.3 Å². The molecule has 0 aromatic carbocycles. The molecular formula is C14H23NO4. The minimum atomic E-state index is -1.08. The van der Waals surface area contributed by atoms with E-state index in [4.69, 9.17) is 4.74 Å². The molecule has 2 N–H and O–H groups in total. The largest absolute Gasteiger partial charge is 0.480 e. The molecule has 0 aromatic heterocycles. The van der Waals surface area contributed by atoms with Crippen molar-refractivity contribution < 1.29 is 19.4 Å². The highest BCUT2D eigenvalue weighted by Gasteiger charge is 2.42. The molecule has 0 aromatic rings. The van der Waals surface area contributed by atoms with E-state index in [1.54, 1.807) is 0 Å². The van der Waals surface area contributed by atoms with Gasteiger partial charge in [-0.25, -0.2) is 4.79 Å². The molecule has 0 radical (unpaired) electrons. The lowest BCUT2D eigenvalue weighted by atomic mass is 9.90. The van der Waals surface area contributed by atoms with Crippen LogP contribution in [0.5, 0.6) is 0 Å². The molecule has 1 heterocycles. The van der Waals surface area contributed by atoms with Gasteiger partial charge in [0, 0.05) is 0 Å². The number of nitrogens with one attached hydrogen (secondary N) is 1. The Hall–Kier alpha value is -1.10. The maximum atomic E-state index is 12.2. The summed E-state index contributed by atoms with van der Waals surface area (Å²) in [5, 5.41) is 12.3. The number of carboxylic acids is 1. The van der Waals surface area contributed by atoms with Crippen LogP contribution in [0.3, 0.4) is 0 Å². The van der Waals surface area contributed by atoms with Gasteiger partial charge in [0.15, 0.2) is 0 Å². The Morgan fingerprint density at radius 1 is 1.16 bits per heavy atom. The molecule has 2 unspecified atom stereocenters. The maximum absolute atomic E-state index is 12.2. The molecule has 2 aliphatic rings. The van der Waals surface area contributed by atoms with Crippen LogP contribution in [0.25, 0.3) is 0 Å². The monoisotopic (exact) mass is 269 g/mol. The first-order valence-electron chi connectivity index (χ1n) is 7.24. The van der Waals surface area contributed by atoms with E-state index in [1.165, 1.54) is 0 Å². The topological polar surface area (TPSA) is 75.6 Å². The van der Waals surface area contributed by atoms with Gasteiger partial charge in [0.25, 0.3) is 0 Å². The highest BCUT2D eigenvalue weighted by Crippen LogP contribution is 2.28. The average Bonchev–Trinajstić information content (AvgIpc) is 2.65. The van der Waals surface area contributed by atoms with Crippen molar-refractivity contribution in [2.75, 3.05) is 0 Å². The average molecular weight is 269 g/mol. The first-order chi connectivity index (χ1) is 9.03. The molecule has 1 amide bonds. The van der Waals surface area contributed by atoms with Crippen LogP contribution in [0.4, 0.5) is 0 Å². The number of ether oxygens (including phenoxy) is 1. The van der Waals surface area contributed by atoms with Crippen LogP contribution in [0, 0.1) is 0 Å². The van der Waals surface area contributed by atoms with Crippen molar-refractivity contribution in [2.45, 2.75) is 76.0 Å². The van der Waals surface area contributed by atoms with Crippen molar-refractivity contribution in [3.8, 4) is 0 Å². The molecular weight excluding hydrogens is 246 g/mol. The number of carboxylic acid groups (broad SMARTS) is 1. The zero-order valence-corrected chi connectivity index (χ0v) is 11.5. The fourth-order valence-electron chi connectivity index (χ4n) is 3.04. The van der Waals surface area contributed by atoms with Gasteiger partial charge in [0.05, 0.1) is 6.10 Å². The zero-order chi connectivity index (χ0) is 13.9. The Morgan fingerprint density at radius 2 is 1.79 bits per heavy atom. The lowest BCUT2D eigenvalue weighted by molar-refractivity contribution is -0.150. The van der Waals surface area contributed by atoms with E-state index >= 15 is 0 Å². The standard InChI is InChI=1S/C14H23NO4/c1-10-6-7-11(19-10)12(16)15-14(13(17)18)8-4-2-3-5-9-14/h10-11H,2-9H2,1H3,(H,15,16)(H,17,18). The van der Waals surface area contributed by atoms with Crippen LogP contribution < -0.4 is 5.32 Å². The van der Waals surface area contributed by atoms with Gasteiger partial charge in [-0.2, -0.15) is 0 Å². The number of amides is 1. The fourth-order valence-corrected chi connectivity index (χ4v) is 3.04. The van der Waals surface area contributed by atoms with Crippen LogP contribution >= 0.6 is 0 Å². The highest BCUT2D eigenvalue weighted by atomic mass is 16.5. The third-order valence-electron chi connectivity index (χ3n) is 4.25. The summed E-state index contributed by atoms with van der Waals surface area (Å²) in [5.41, 5.74) is -1.08. The van der Waals surface area contributed by atoms with Crippen molar-refractivity contribution in [2.24, 2.45) is 0 Å². The minimum absolute atomic E-state index is 0.0886. The Kier molecular flexibility index (Phi) is 4.45. The number of carbonyl (C=O) groups is 2. The first-order valence-corrected chi connectivity index (χ1v) is 7.24. The molecule has 5 heteroatoms. The molecule has 2 atom stereocenters. The molecule has 108 valence electrons. The first kappa shape index (κ1) is 14.3. The van der Waals surface area contributed by atoms with Crippen LogP contribution in [-0.4, -0.2) is 34.7 Å². The smallest absolute Gasteiger partial charge is 0.329 e. The predicted octanol–water partition coefficient (Wildman–Crippen LogP) is 1.85. The molecule has 1 saturated heterocycles. The Balaban J connectivity index is 2.03. The van der Waals surface area contributed by atoms with E-state index in [1.807, 2.05) is 6.92 Å². The minimum Gasteiger partial charge on any atom is -0.480 e. The molecule has 19 heavy (non-hydrogen) atoms. The van der Waals surface area contributed by atoms with E-state index in [-0.39, 0.29) is 12.0 Å². The Bertz CT molecular complexity index is 347. The Morgan fingerprint density at radius 3 is 2.26 bits per heavy atom. The van der Waals surface area contributed by atoms with Crippen molar-refractivity contribution in [3.63, 3.8) is 0 Å². The Labute approximate surface area is 113 Å². The molecule has 1 aliphatic carbocycles. The predicted molar refractivity (Wildman–Crippen MR) is 69.8 cm³/mol. The van der Waals surface area contributed by atoms with E-state index in [2.05, 4.69) is 5.32 Å². The summed E-state index contributed by atoms with van der Waals surface area (Å²) in [5.74, 6) is -1.16. The van der Waals surface area contributed by atoms with Gasteiger partial charge in [-0.1, -0.05) is 25.7 Å². The second-order valence-electron chi connectivity index (χ2n) is 5.80. The molecule has 0 bridgehead atoms. The normalized spacial score (nSPS) is 30.6. The third-order valence-corrected chi connectivity index (χ3v) is 4.25. The molecule has 1 saturated carbocycles. The van der Waals surface area contributed by atoms with Gasteiger partial charge in [0.2, 0.25) is 5.91 Å². The summed E-state index contributed by atoms with van der Waals surface area (Å²) in [4.78, 5) is 23.8. The summed E-state index contributed by atoms with van der Waals surface area (Å²) in [6.07, 6.45) is 6.00. The van der Waals surface area contributed by atoms with Crippen molar-refractivity contribution in [3.05, 3.63) is 0 Å². The molecule has 0 spiro atoms. The van der Waals surface area contributed by atoms with Crippen molar-refractivity contribution in [1.29, 1.82) is 0 Å². The lowest BCUT2D eigenvalue weighted by Crippen LogP contribution is -2.56. The van der Waals surface area contributed by atoms with E-state index in [9.17, 15) is 14.7 Å². The van der Waals surface area contributed by atoms with Crippen molar-refractivity contribution >= 4 is 11.9 Å². The van der Waals surface area contributed by atoms with Crippen LogP contribution in [0.2, 0.25) is 0 Å². The summed E-state index contributed by atoms with van der Waals surface area (Å²) < 4.78 is 5.52. The van der Waals surface area contributed by atoms with Crippen LogP contribution in [0.15, 0.2) is 0 Å². The van der Waals surface area contributed by atoms with Gasteiger partial charge < -0.3 is 15.2 Å². The van der Waals surface area contributed by atoms with Gasteiger partial charge in [-0.15, -0.1) is 0 Å². The summed E-state index contributed by atoms with van der Waals surface area (Å²) in [6.45, 7) is 1.94. The molecule has 2 rings (SSSR count). The third kappa shape index (κ3) is 3.26.